The van der Waals surface area contributed by atoms with Crippen LogP contribution in [0.1, 0.15) is 206 Å². The van der Waals surface area contributed by atoms with Crippen molar-refractivity contribution in [2.24, 2.45) is 0 Å². The smallest absolute Gasteiger partial charge is 0.220 e. The molecule has 2 atom stereocenters. The summed E-state index contributed by atoms with van der Waals surface area (Å²) < 4.78 is 0. The van der Waals surface area contributed by atoms with Gasteiger partial charge in [-0.15, -0.1) is 0 Å². The van der Waals surface area contributed by atoms with E-state index in [1.165, 1.54) is 161 Å². The van der Waals surface area contributed by atoms with E-state index in [0.717, 1.165) is 25.7 Å². The molecular weight excluding hydrogens is 566 g/mol. The Hall–Kier alpha value is -1.39. The first kappa shape index (κ1) is 44.6. The number of aliphatic hydroxyl groups excluding tert-OH is 2. The molecule has 0 aliphatic carbocycles. The highest BCUT2D eigenvalue weighted by Crippen LogP contribution is 2.14. The second-order valence-electron chi connectivity index (χ2n) is 13.7. The Morgan fingerprint density at radius 2 is 0.870 bits per heavy atom. The Morgan fingerprint density at radius 1 is 0.500 bits per heavy atom. The fraction of sp³-hybridized carbons (Fsp3) is 0.833. The quantitative estimate of drug-likeness (QED) is 0.0469. The molecule has 4 nitrogen and oxygen atoms in total. The highest BCUT2D eigenvalue weighted by Gasteiger charge is 2.17. The lowest BCUT2D eigenvalue weighted by atomic mass is 10.0. The van der Waals surface area contributed by atoms with Crippen molar-refractivity contribution in [3.05, 3.63) is 36.5 Å². The number of hydrogen-bond donors (Lipinski definition) is 3. The van der Waals surface area contributed by atoms with Gasteiger partial charge in [0.15, 0.2) is 0 Å². The molecule has 0 aliphatic rings. The molecule has 0 saturated carbocycles. The molecule has 4 heteroatoms. The van der Waals surface area contributed by atoms with E-state index in [9.17, 15) is 15.0 Å². The van der Waals surface area contributed by atoms with Crippen LogP contribution < -0.4 is 5.32 Å². The average Bonchev–Trinajstić information content (AvgIpc) is 3.06. The predicted octanol–water partition coefficient (Wildman–Crippen LogP) is 12.2. The number of amides is 1. The topological polar surface area (TPSA) is 69.6 Å². The molecule has 0 aromatic heterocycles. The van der Waals surface area contributed by atoms with Crippen LogP contribution in [0.25, 0.3) is 0 Å². The van der Waals surface area contributed by atoms with Crippen LogP contribution in [0.3, 0.4) is 0 Å². The first-order valence-electron chi connectivity index (χ1n) is 20.2. The lowest BCUT2D eigenvalue weighted by molar-refractivity contribution is -0.123. The maximum atomic E-state index is 12.3. The highest BCUT2D eigenvalue weighted by molar-refractivity contribution is 5.76. The molecule has 0 bridgehead atoms. The van der Waals surface area contributed by atoms with Gasteiger partial charge in [-0.2, -0.15) is 0 Å². The molecule has 0 saturated heterocycles. The number of hydrogen-bond acceptors (Lipinski definition) is 3. The molecule has 0 aromatic carbocycles. The Labute approximate surface area is 287 Å². The number of carbonyl (C=O) groups is 1. The first-order valence-corrected chi connectivity index (χ1v) is 20.2. The van der Waals surface area contributed by atoms with Crippen molar-refractivity contribution in [1.29, 1.82) is 0 Å². The van der Waals surface area contributed by atoms with Crippen LogP contribution in [0, 0.1) is 0 Å². The number of aliphatic hydroxyl groups is 2. The summed E-state index contributed by atoms with van der Waals surface area (Å²) in [6, 6.07) is -0.624. The maximum Gasteiger partial charge on any atom is 0.220 e. The van der Waals surface area contributed by atoms with E-state index in [2.05, 4.69) is 43.5 Å². The second-order valence-corrected chi connectivity index (χ2v) is 13.7. The minimum atomic E-state index is -0.841. The molecule has 0 rings (SSSR count). The van der Waals surface area contributed by atoms with Crippen molar-refractivity contribution in [2.75, 3.05) is 6.61 Å². The van der Waals surface area contributed by atoms with Gasteiger partial charge in [0.25, 0.3) is 0 Å². The van der Waals surface area contributed by atoms with E-state index >= 15 is 0 Å². The predicted molar refractivity (Wildman–Crippen MR) is 202 cm³/mol. The largest absolute Gasteiger partial charge is 0.394 e. The van der Waals surface area contributed by atoms with Crippen LogP contribution in [0.2, 0.25) is 0 Å². The van der Waals surface area contributed by atoms with Crippen molar-refractivity contribution < 1.29 is 15.0 Å². The minimum Gasteiger partial charge on any atom is -0.394 e. The number of nitrogens with one attached hydrogen (secondary N) is 1. The Morgan fingerprint density at radius 3 is 1.28 bits per heavy atom. The lowest BCUT2D eigenvalue weighted by Gasteiger charge is -2.20. The zero-order valence-corrected chi connectivity index (χ0v) is 30.8. The van der Waals surface area contributed by atoms with Gasteiger partial charge in [-0.1, -0.05) is 172 Å². The van der Waals surface area contributed by atoms with Crippen molar-refractivity contribution >= 4 is 5.91 Å². The second kappa shape index (κ2) is 38.1. The molecule has 0 aromatic rings. The van der Waals surface area contributed by atoms with Gasteiger partial charge in [0.2, 0.25) is 5.91 Å². The number of allylic oxidation sites excluding steroid dienone is 5. The van der Waals surface area contributed by atoms with Gasteiger partial charge in [0, 0.05) is 6.42 Å². The van der Waals surface area contributed by atoms with Crippen LogP contribution in [0.4, 0.5) is 0 Å². The van der Waals surface area contributed by atoms with Crippen molar-refractivity contribution in [2.45, 2.75) is 219 Å². The van der Waals surface area contributed by atoms with Crippen LogP contribution in [-0.4, -0.2) is 34.9 Å². The first-order chi connectivity index (χ1) is 22.7. The van der Waals surface area contributed by atoms with Crippen LogP contribution in [0.15, 0.2) is 36.5 Å². The summed E-state index contributed by atoms with van der Waals surface area (Å²) in [5.74, 6) is -0.0688. The molecule has 270 valence electrons. The lowest BCUT2D eigenvalue weighted by Crippen LogP contribution is -2.45. The summed E-state index contributed by atoms with van der Waals surface area (Å²) >= 11 is 0. The standard InChI is InChI=1S/C42H79NO3/c1-3-5-7-9-11-13-15-17-18-19-20-21-22-23-24-26-28-30-32-34-36-38-42(46)43-40(39-44)41(45)37-35-33-31-29-27-25-16-14-12-10-8-6-4-2/h8,10,17-18,35,37,40-41,44-45H,3-7,9,11-16,19-34,36,38-39H2,1-2H3,(H,43,46)/b10-8-,18-17-,37-35+/t40-,41+/m0/s1. The number of carbonyl (C=O) groups excluding carboxylic acids is 1. The molecule has 0 heterocycles. The molecule has 1 amide bonds. The van der Waals surface area contributed by atoms with Gasteiger partial charge < -0.3 is 15.5 Å². The van der Waals surface area contributed by atoms with Crippen LogP contribution >= 0.6 is 0 Å². The third kappa shape index (κ3) is 34.0. The minimum absolute atomic E-state index is 0.0688. The fourth-order valence-corrected chi connectivity index (χ4v) is 5.94. The SMILES string of the molecule is CCC/C=C\CCCCCCCC/C=C/[C@@H](O)[C@H](CO)NC(=O)CCCCCCCCCCCCC/C=C\CCCCCCCC. The van der Waals surface area contributed by atoms with Crippen LogP contribution in [0.5, 0.6) is 0 Å². The van der Waals surface area contributed by atoms with Crippen molar-refractivity contribution in [3.8, 4) is 0 Å². The molecule has 0 radical (unpaired) electrons. The van der Waals surface area contributed by atoms with Crippen molar-refractivity contribution in [1.82, 2.24) is 5.32 Å². The fourth-order valence-electron chi connectivity index (χ4n) is 5.94. The third-order valence-corrected chi connectivity index (χ3v) is 9.07. The normalized spacial score (nSPS) is 13.4. The van der Waals surface area contributed by atoms with Gasteiger partial charge in [-0.3, -0.25) is 4.79 Å². The summed E-state index contributed by atoms with van der Waals surface area (Å²) in [5, 5.41) is 22.9. The van der Waals surface area contributed by atoms with Gasteiger partial charge in [-0.25, -0.2) is 0 Å². The van der Waals surface area contributed by atoms with E-state index in [1.807, 2.05) is 6.08 Å². The molecule has 0 spiro atoms. The highest BCUT2D eigenvalue weighted by atomic mass is 16.3. The zero-order chi connectivity index (χ0) is 33.6. The third-order valence-electron chi connectivity index (χ3n) is 9.07. The molecule has 0 unspecified atom stereocenters. The van der Waals surface area contributed by atoms with E-state index in [-0.39, 0.29) is 12.5 Å². The molecule has 3 N–H and O–H groups in total. The van der Waals surface area contributed by atoms with Crippen molar-refractivity contribution in [3.63, 3.8) is 0 Å². The number of unbranched alkanes of at least 4 members (excludes halogenated alkanes) is 25. The Balaban J connectivity index is 3.56. The van der Waals surface area contributed by atoms with Gasteiger partial charge >= 0.3 is 0 Å². The van der Waals surface area contributed by atoms with Gasteiger partial charge in [0.1, 0.15) is 0 Å². The Bertz CT molecular complexity index is 701. The summed E-state index contributed by atoms with van der Waals surface area (Å²) in [4.78, 5) is 12.3. The maximum absolute atomic E-state index is 12.3. The zero-order valence-electron chi connectivity index (χ0n) is 30.8. The summed E-state index contributed by atoms with van der Waals surface area (Å²) in [6.07, 6.45) is 49.5. The van der Waals surface area contributed by atoms with E-state index in [1.54, 1.807) is 6.08 Å². The average molecular weight is 646 g/mol. The summed E-state index contributed by atoms with van der Waals surface area (Å²) in [6.45, 7) is 4.24. The van der Waals surface area contributed by atoms with E-state index < -0.39 is 12.1 Å². The Kier molecular flexibility index (Phi) is 36.9. The summed E-state index contributed by atoms with van der Waals surface area (Å²) in [5.41, 5.74) is 0. The molecular formula is C42H79NO3. The van der Waals surface area contributed by atoms with Gasteiger partial charge in [-0.05, 0) is 64.2 Å². The summed E-state index contributed by atoms with van der Waals surface area (Å²) in [7, 11) is 0. The molecule has 0 aliphatic heterocycles. The number of rotatable bonds is 36. The van der Waals surface area contributed by atoms with E-state index in [4.69, 9.17) is 0 Å². The monoisotopic (exact) mass is 646 g/mol. The van der Waals surface area contributed by atoms with E-state index in [0.29, 0.717) is 6.42 Å². The molecule has 46 heavy (non-hydrogen) atoms. The van der Waals surface area contributed by atoms with Crippen LogP contribution in [-0.2, 0) is 4.79 Å². The molecule has 0 fully saturated rings. The van der Waals surface area contributed by atoms with Gasteiger partial charge in [0.05, 0.1) is 18.8 Å².